The summed E-state index contributed by atoms with van der Waals surface area (Å²) in [6, 6.07) is 0. The summed E-state index contributed by atoms with van der Waals surface area (Å²) in [5, 5.41) is 0. The zero-order valence-corrected chi connectivity index (χ0v) is 12.0. The van der Waals surface area contributed by atoms with E-state index in [1.165, 1.54) is 32.1 Å². The second kappa shape index (κ2) is 5.07. The van der Waals surface area contributed by atoms with E-state index < -0.39 is 0 Å². The van der Waals surface area contributed by atoms with Gasteiger partial charge in [-0.3, -0.25) is 0 Å². The number of rotatable bonds is 5. The Labute approximate surface area is 111 Å². The van der Waals surface area contributed by atoms with Crippen molar-refractivity contribution in [3.05, 3.63) is 12.2 Å². The van der Waals surface area contributed by atoms with E-state index in [2.05, 4.69) is 6.58 Å². The summed E-state index contributed by atoms with van der Waals surface area (Å²) in [6.45, 7) is 9.37. The Morgan fingerprint density at radius 2 is 2.06 bits per heavy atom. The van der Waals surface area contributed by atoms with Crippen LogP contribution in [0, 0.1) is 17.8 Å². The Morgan fingerprint density at radius 3 is 2.56 bits per heavy atom. The number of hydrogen-bond donors (Lipinski definition) is 0. The highest BCUT2D eigenvalue weighted by Gasteiger charge is 2.39. The highest BCUT2D eigenvalue weighted by atomic mass is 16.6. The van der Waals surface area contributed by atoms with Crippen LogP contribution >= 0.6 is 0 Å². The van der Waals surface area contributed by atoms with Crippen LogP contribution in [-0.2, 0) is 9.53 Å². The van der Waals surface area contributed by atoms with Gasteiger partial charge >= 0.3 is 5.97 Å². The minimum Gasteiger partial charge on any atom is -0.456 e. The molecule has 102 valence electrons. The van der Waals surface area contributed by atoms with Gasteiger partial charge in [-0.05, 0) is 70.6 Å². The summed E-state index contributed by atoms with van der Waals surface area (Å²) >= 11 is 0. The molecule has 18 heavy (non-hydrogen) atoms. The molecule has 0 aromatic heterocycles. The van der Waals surface area contributed by atoms with Gasteiger partial charge in [0.05, 0.1) is 0 Å². The molecule has 2 fully saturated rings. The van der Waals surface area contributed by atoms with E-state index >= 15 is 0 Å². The maximum atomic E-state index is 11.6. The van der Waals surface area contributed by atoms with Gasteiger partial charge in [-0.25, -0.2) is 4.79 Å². The van der Waals surface area contributed by atoms with Crippen molar-refractivity contribution in [2.24, 2.45) is 17.8 Å². The topological polar surface area (TPSA) is 26.3 Å². The quantitative estimate of drug-likeness (QED) is 0.542. The van der Waals surface area contributed by atoms with Crippen LogP contribution in [0.3, 0.4) is 0 Å². The predicted molar refractivity (Wildman–Crippen MR) is 73.2 cm³/mol. The molecular weight excluding hydrogens is 224 g/mol. The van der Waals surface area contributed by atoms with E-state index in [0.717, 1.165) is 24.2 Å². The van der Waals surface area contributed by atoms with Gasteiger partial charge in [-0.15, -0.1) is 0 Å². The molecule has 0 spiro atoms. The lowest BCUT2D eigenvalue weighted by atomic mass is 9.83. The van der Waals surface area contributed by atoms with Crippen molar-refractivity contribution in [3.63, 3.8) is 0 Å². The van der Waals surface area contributed by atoms with Crippen LogP contribution in [0.4, 0.5) is 0 Å². The van der Waals surface area contributed by atoms with Crippen molar-refractivity contribution in [1.82, 2.24) is 0 Å². The highest BCUT2D eigenvalue weighted by molar-refractivity contribution is 5.87. The van der Waals surface area contributed by atoms with Crippen LogP contribution in [-0.4, -0.2) is 11.6 Å². The van der Waals surface area contributed by atoms with Gasteiger partial charge in [0.25, 0.3) is 0 Å². The molecular formula is C16H26O2. The lowest BCUT2D eigenvalue weighted by Gasteiger charge is -2.29. The zero-order valence-electron chi connectivity index (χ0n) is 12.0. The van der Waals surface area contributed by atoms with E-state index in [9.17, 15) is 4.79 Å². The molecule has 2 bridgehead atoms. The summed E-state index contributed by atoms with van der Waals surface area (Å²) in [6.07, 6.45) is 7.93. The fourth-order valence-electron chi connectivity index (χ4n) is 3.65. The first-order valence-corrected chi connectivity index (χ1v) is 7.26. The molecule has 0 N–H and O–H groups in total. The van der Waals surface area contributed by atoms with Crippen molar-refractivity contribution in [2.75, 3.05) is 0 Å². The second-order valence-electron chi connectivity index (χ2n) is 6.90. The molecule has 0 aromatic carbocycles. The van der Waals surface area contributed by atoms with Gasteiger partial charge in [0.2, 0.25) is 0 Å². The van der Waals surface area contributed by atoms with Crippen molar-refractivity contribution in [3.8, 4) is 0 Å². The summed E-state index contributed by atoms with van der Waals surface area (Å²) in [5.74, 6) is 2.59. The van der Waals surface area contributed by atoms with Gasteiger partial charge in [0.1, 0.15) is 5.60 Å². The molecule has 3 unspecified atom stereocenters. The molecule has 0 aliphatic heterocycles. The Bertz CT molecular complexity index is 343. The Hall–Kier alpha value is -0.790. The molecule has 0 amide bonds. The number of fused-ring (bicyclic) bond motifs is 2. The molecule has 2 rings (SSSR count). The van der Waals surface area contributed by atoms with Crippen molar-refractivity contribution in [2.45, 2.75) is 64.9 Å². The number of carbonyl (C=O) groups is 1. The lowest BCUT2D eigenvalue weighted by Crippen LogP contribution is -2.29. The molecule has 0 radical (unpaired) electrons. The van der Waals surface area contributed by atoms with E-state index in [0.29, 0.717) is 5.57 Å². The predicted octanol–water partition coefficient (Wildman–Crippen LogP) is 4.10. The maximum absolute atomic E-state index is 11.6. The average molecular weight is 250 g/mol. The summed E-state index contributed by atoms with van der Waals surface area (Å²) in [7, 11) is 0. The molecule has 0 saturated heterocycles. The lowest BCUT2D eigenvalue weighted by molar-refractivity contribution is -0.152. The first kappa shape index (κ1) is 13.6. The van der Waals surface area contributed by atoms with Crippen LogP contribution in [0.25, 0.3) is 0 Å². The van der Waals surface area contributed by atoms with Crippen molar-refractivity contribution < 1.29 is 9.53 Å². The maximum Gasteiger partial charge on any atom is 0.333 e. The molecule has 2 heteroatoms. The summed E-state index contributed by atoms with van der Waals surface area (Å²) < 4.78 is 5.50. The van der Waals surface area contributed by atoms with Crippen molar-refractivity contribution in [1.29, 1.82) is 0 Å². The smallest absolute Gasteiger partial charge is 0.333 e. The van der Waals surface area contributed by atoms with E-state index in [4.69, 9.17) is 4.74 Å². The number of hydrogen-bond acceptors (Lipinski definition) is 2. The van der Waals surface area contributed by atoms with Crippen molar-refractivity contribution >= 4 is 5.97 Å². The van der Waals surface area contributed by atoms with E-state index in [-0.39, 0.29) is 11.6 Å². The van der Waals surface area contributed by atoms with Crippen LogP contribution in [0.1, 0.15) is 59.3 Å². The Morgan fingerprint density at radius 1 is 1.33 bits per heavy atom. The third-order valence-corrected chi connectivity index (χ3v) is 4.72. The van der Waals surface area contributed by atoms with E-state index in [1.54, 1.807) is 6.92 Å². The van der Waals surface area contributed by atoms with Gasteiger partial charge in [-0.2, -0.15) is 0 Å². The minimum absolute atomic E-state index is 0.257. The van der Waals surface area contributed by atoms with Crippen LogP contribution in [0.15, 0.2) is 12.2 Å². The van der Waals surface area contributed by atoms with Gasteiger partial charge in [0, 0.05) is 5.57 Å². The SMILES string of the molecule is C=C(C)C(=O)OC(C)(C)CCC1CC2CCC1C2. The monoisotopic (exact) mass is 250 g/mol. The fraction of sp³-hybridized carbons (Fsp3) is 0.812. The second-order valence-corrected chi connectivity index (χ2v) is 6.90. The van der Waals surface area contributed by atoms with Crippen LogP contribution in [0.5, 0.6) is 0 Å². The van der Waals surface area contributed by atoms with Gasteiger partial charge < -0.3 is 4.74 Å². The Balaban J connectivity index is 1.78. The molecule has 0 aromatic rings. The molecule has 2 aliphatic carbocycles. The molecule has 2 aliphatic rings. The van der Waals surface area contributed by atoms with Crippen LogP contribution < -0.4 is 0 Å². The van der Waals surface area contributed by atoms with E-state index in [1.807, 2.05) is 13.8 Å². The third kappa shape index (κ3) is 3.15. The first-order valence-electron chi connectivity index (χ1n) is 7.26. The molecule has 0 heterocycles. The normalized spacial score (nSPS) is 30.5. The Kier molecular flexibility index (Phi) is 3.84. The zero-order chi connectivity index (χ0) is 13.3. The molecule has 3 atom stereocenters. The average Bonchev–Trinajstić information content (AvgIpc) is 2.87. The largest absolute Gasteiger partial charge is 0.456 e. The minimum atomic E-state index is -0.349. The molecule has 2 nitrogen and oxygen atoms in total. The highest BCUT2D eigenvalue weighted by Crippen LogP contribution is 2.50. The summed E-state index contributed by atoms with van der Waals surface area (Å²) in [5.41, 5.74) is 0.140. The standard InChI is InChI=1S/C16H26O2/c1-11(2)15(17)18-16(3,4)8-7-14-10-12-5-6-13(14)9-12/h12-14H,1,5-10H2,2-4H3. The van der Waals surface area contributed by atoms with Gasteiger partial charge in [-0.1, -0.05) is 13.0 Å². The fourth-order valence-corrected chi connectivity index (χ4v) is 3.65. The van der Waals surface area contributed by atoms with Gasteiger partial charge in [0.15, 0.2) is 0 Å². The molecule has 2 saturated carbocycles. The number of carbonyl (C=O) groups excluding carboxylic acids is 1. The van der Waals surface area contributed by atoms with Crippen LogP contribution in [0.2, 0.25) is 0 Å². The third-order valence-electron chi connectivity index (χ3n) is 4.72. The first-order chi connectivity index (χ1) is 8.37. The summed E-state index contributed by atoms with van der Waals surface area (Å²) in [4.78, 5) is 11.6. The number of ether oxygens (including phenoxy) is 1. The number of esters is 1.